The first-order valence-electron chi connectivity index (χ1n) is 8.59. The van der Waals surface area contributed by atoms with E-state index in [9.17, 15) is 9.90 Å². The van der Waals surface area contributed by atoms with E-state index in [4.69, 9.17) is 4.74 Å². The highest BCUT2D eigenvalue weighted by atomic mass is 16.5. The molecule has 2 aromatic rings. The number of carbonyl (C=O) groups is 1. The van der Waals surface area contributed by atoms with Crippen LogP contribution in [0.1, 0.15) is 24.4 Å². The van der Waals surface area contributed by atoms with Crippen molar-refractivity contribution in [1.29, 1.82) is 0 Å². The van der Waals surface area contributed by atoms with E-state index in [0.29, 0.717) is 6.54 Å². The quantitative estimate of drug-likeness (QED) is 0.879. The Morgan fingerprint density at radius 2 is 1.92 bits per heavy atom. The van der Waals surface area contributed by atoms with Gasteiger partial charge < -0.3 is 15.2 Å². The van der Waals surface area contributed by atoms with Crippen LogP contribution < -0.4 is 10.1 Å². The summed E-state index contributed by atoms with van der Waals surface area (Å²) in [6.45, 7) is 1.31. The minimum atomic E-state index is -0.418. The van der Waals surface area contributed by atoms with Crippen molar-refractivity contribution in [3.8, 4) is 5.75 Å². The maximum atomic E-state index is 13.0. The number of methoxy groups -OCH3 is 1. The van der Waals surface area contributed by atoms with Crippen molar-refractivity contribution in [2.75, 3.05) is 25.5 Å². The molecule has 5 heteroatoms. The molecule has 0 radical (unpaired) electrons. The molecule has 1 saturated heterocycles. The summed E-state index contributed by atoms with van der Waals surface area (Å²) in [7, 11) is 1.61. The number of aliphatic hydroxyl groups excluding tert-OH is 1. The molecule has 1 aliphatic rings. The Bertz CT molecular complexity index is 688. The predicted octanol–water partition coefficient (Wildman–Crippen LogP) is 2.83. The van der Waals surface area contributed by atoms with Gasteiger partial charge >= 0.3 is 0 Å². The van der Waals surface area contributed by atoms with Gasteiger partial charge in [0.2, 0.25) is 5.91 Å². The molecule has 5 nitrogen and oxygen atoms in total. The highest BCUT2D eigenvalue weighted by Gasteiger charge is 2.31. The van der Waals surface area contributed by atoms with Crippen LogP contribution in [0.5, 0.6) is 5.75 Å². The van der Waals surface area contributed by atoms with Gasteiger partial charge in [0.1, 0.15) is 11.8 Å². The van der Waals surface area contributed by atoms with E-state index in [-0.39, 0.29) is 12.0 Å². The summed E-state index contributed by atoms with van der Waals surface area (Å²) < 4.78 is 5.15. The Morgan fingerprint density at radius 1 is 1.20 bits per heavy atom. The molecule has 3 rings (SSSR count). The van der Waals surface area contributed by atoms with E-state index < -0.39 is 6.04 Å². The van der Waals surface area contributed by atoms with Crippen molar-refractivity contribution < 1.29 is 14.6 Å². The standard InChI is InChI=1S/C20H24N2O3/c1-25-18-11-9-16(10-12-18)21-20(24)19(15-6-3-2-4-7-15)22-13-5-8-17(23)14-22/h2-4,6-7,9-12,17,19,23H,5,8,13-14H2,1H3,(H,21,24). The third-order valence-corrected chi connectivity index (χ3v) is 4.51. The van der Waals surface area contributed by atoms with Crippen molar-refractivity contribution in [2.24, 2.45) is 0 Å². The fourth-order valence-corrected chi connectivity index (χ4v) is 3.27. The number of amides is 1. The third-order valence-electron chi connectivity index (χ3n) is 4.51. The second-order valence-electron chi connectivity index (χ2n) is 6.32. The van der Waals surface area contributed by atoms with Crippen molar-refractivity contribution in [3.05, 3.63) is 60.2 Å². The van der Waals surface area contributed by atoms with Gasteiger partial charge in [-0.25, -0.2) is 0 Å². The summed E-state index contributed by atoms with van der Waals surface area (Å²) in [5.41, 5.74) is 1.66. The maximum Gasteiger partial charge on any atom is 0.246 e. The molecule has 2 aromatic carbocycles. The number of ether oxygens (including phenoxy) is 1. The van der Waals surface area contributed by atoms with Crippen LogP contribution in [0.4, 0.5) is 5.69 Å². The molecule has 0 saturated carbocycles. The molecule has 1 fully saturated rings. The van der Waals surface area contributed by atoms with Crippen LogP contribution in [0.15, 0.2) is 54.6 Å². The zero-order valence-corrected chi connectivity index (χ0v) is 14.4. The molecule has 2 unspecified atom stereocenters. The number of nitrogens with one attached hydrogen (secondary N) is 1. The number of aliphatic hydroxyl groups is 1. The lowest BCUT2D eigenvalue weighted by Gasteiger charge is -2.36. The lowest BCUT2D eigenvalue weighted by Crippen LogP contribution is -2.44. The summed E-state index contributed by atoms with van der Waals surface area (Å²) in [6, 6.07) is 16.6. The normalized spacial score (nSPS) is 19.2. The van der Waals surface area contributed by atoms with E-state index >= 15 is 0 Å². The number of hydrogen-bond donors (Lipinski definition) is 2. The van der Waals surface area contributed by atoms with Gasteiger partial charge in [0.25, 0.3) is 0 Å². The average molecular weight is 340 g/mol. The number of anilines is 1. The van der Waals surface area contributed by atoms with Crippen LogP contribution in [0.25, 0.3) is 0 Å². The average Bonchev–Trinajstić information content (AvgIpc) is 2.63. The number of rotatable bonds is 5. The Labute approximate surface area is 148 Å². The zero-order valence-electron chi connectivity index (χ0n) is 14.4. The molecule has 1 heterocycles. The van der Waals surface area contributed by atoms with Crippen LogP contribution in [0.3, 0.4) is 0 Å². The number of hydrogen-bond acceptors (Lipinski definition) is 4. The van der Waals surface area contributed by atoms with Gasteiger partial charge in [-0.05, 0) is 49.2 Å². The lowest BCUT2D eigenvalue weighted by molar-refractivity contribution is -0.122. The van der Waals surface area contributed by atoms with Crippen LogP contribution in [0.2, 0.25) is 0 Å². The zero-order chi connectivity index (χ0) is 17.6. The van der Waals surface area contributed by atoms with Crippen LogP contribution >= 0.6 is 0 Å². The number of carbonyl (C=O) groups excluding carboxylic acids is 1. The second kappa shape index (κ2) is 8.14. The molecule has 1 amide bonds. The third kappa shape index (κ3) is 4.38. The van der Waals surface area contributed by atoms with Crippen LogP contribution in [0, 0.1) is 0 Å². The van der Waals surface area contributed by atoms with E-state index in [0.717, 1.165) is 36.4 Å². The topological polar surface area (TPSA) is 61.8 Å². The molecule has 0 spiro atoms. The molecule has 0 bridgehead atoms. The summed E-state index contributed by atoms with van der Waals surface area (Å²) >= 11 is 0. The largest absolute Gasteiger partial charge is 0.497 e. The summed E-state index contributed by atoms with van der Waals surface area (Å²) in [4.78, 5) is 15.1. The second-order valence-corrected chi connectivity index (χ2v) is 6.32. The first-order chi connectivity index (χ1) is 12.2. The van der Waals surface area contributed by atoms with Crippen molar-refractivity contribution >= 4 is 11.6 Å². The SMILES string of the molecule is COc1ccc(NC(=O)C(c2ccccc2)N2CCCC(O)C2)cc1. The molecule has 2 atom stereocenters. The molecule has 0 aliphatic carbocycles. The Balaban J connectivity index is 1.81. The van der Waals surface area contributed by atoms with Crippen LogP contribution in [-0.2, 0) is 4.79 Å². The van der Waals surface area contributed by atoms with Gasteiger partial charge in [-0.3, -0.25) is 9.69 Å². The van der Waals surface area contributed by atoms with Gasteiger partial charge in [-0.2, -0.15) is 0 Å². The number of β-amino-alcohol motifs (C(OH)–C–C–N with tert-alkyl or cyclic N) is 1. The molecule has 0 aromatic heterocycles. The number of benzene rings is 2. The highest BCUT2D eigenvalue weighted by Crippen LogP contribution is 2.26. The smallest absolute Gasteiger partial charge is 0.246 e. The lowest BCUT2D eigenvalue weighted by atomic mass is 9.99. The molecule has 1 aliphatic heterocycles. The Hall–Kier alpha value is -2.37. The first kappa shape index (κ1) is 17.5. The predicted molar refractivity (Wildman–Crippen MR) is 97.6 cm³/mol. The minimum Gasteiger partial charge on any atom is -0.497 e. The maximum absolute atomic E-state index is 13.0. The van der Waals surface area contributed by atoms with E-state index in [1.165, 1.54) is 0 Å². The van der Waals surface area contributed by atoms with Crippen molar-refractivity contribution in [1.82, 2.24) is 4.90 Å². The molecule has 2 N–H and O–H groups in total. The van der Waals surface area contributed by atoms with E-state index in [1.807, 2.05) is 54.6 Å². The van der Waals surface area contributed by atoms with E-state index in [2.05, 4.69) is 10.2 Å². The summed E-state index contributed by atoms with van der Waals surface area (Å²) in [5.74, 6) is 0.655. The van der Waals surface area contributed by atoms with Gasteiger partial charge in [0, 0.05) is 12.2 Å². The number of piperidine rings is 1. The first-order valence-corrected chi connectivity index (χ1v) is 8.59. The van der Waals surface area contributed by atoms with Crippen molar-refractivity contribution in [2.45, 2.75) is 25.0 Å². The number of likely N-dealkylation sites (tertiary alicyclic amines) is 1. The highest BCUT2D eigenvalue weighted by molar-refractivity contribution is 5.95. The number of nitrogens with zero attached hydrogens (tertiary/aromatic N) is 1. The fourth-order valence-electron chi connectivity index (χ4n) is 3.27. The van der Waals surface area contributed by atoms with E-state index in [1.54, 1.807) is 7.11 Å². The van der Waals surface area contributed by atoms with Gasteiger partial charge in [-0.1, -0.05) is 30.3 Å². The summed E-state index contributed by atoms with van der Waals surface area (Å²) in [5, 5.41) is 13.0. The van der Waals surface area contributed by atoms with Gasteiger partial charge in [0.05, 0.1) is 13.2 Å². The Kier molecular flexibility index (Phi) is 5.68. The Morgan fingerprint density at radius 3 is 2.56 bits per heavy atom. The molecular formula is C20H24N2O3. The van der Waals surface area contributed by atoms with Crippen LogP contribution in [-0.4, -0.2) is 42.2 Å². The summed E-state index contributed by atoms with van der Waals surface area (Å²) in [6.07, 6.45) is 1.30. The van der Waals surface area contributed by atoms with Gasteiger partial charge in [-0.15, -0.1) is 0 Å². The fraction of sp³-hybridized carbons (Fsp3) is 0.350. The van der Waals surface area contributed by atoms with Gasteiger partial charge in [0.15, 0.2) is 0 Å². The minimum absolute atomic E-state index is 0.0922. The molecular weight excluding hydrogens is 316 g/mol. The molecule has 132 valence electrons. The molecule has 25 heavy (non-hydrogen) atoms. The van der Waals surface area contributed by atoms with Crippen molar-refractivity contribution in [3.63, 3.8) is 0 Å². The monoisotopic (exact) mass is 340 g/mol.